The molecule has 6 nitrogen and oxygen atoms in total. The zero-order valence-corrected chi connectivity index (χ0v) is 10.7. The van der Waals surface area contributed by atoms with Crippen molar-refractivity contribution in [1.29, 1.82) is 0 Å². The average Bonchev–Trinajstić information content (AvgIpc) is 2.46. The molecule has 0 saturated carbocycles. The van der Waals surface area contributed by atoms with Crippen LogP contribution >= 0.6 is 0 Å². The van der Waals surface area contributed by atoms with Gasteiger partial charge in [-0.05, 0) is 12.1 Å². The van der Waals surface area contributed by atoms with Crippen molar-refractivity contribution in [2.75, 3.05) is 12.3 Å². The number of pyridine rings is 1. The minimum Gasteiger partial charge on any atom is -0.465 e. The number of aliphatic hydroxyl groups excluding tert-OH is 1. The third-order valence-electron chi connectivity index (χ3n) is 2.83. The van der Waals surface area contributed by atoms with Gasteiger partial charge in [0.25, 0.3) is 0 Å². The first-order valence-electron chi connectivity index (χ1n) is 6.04. The van der Waals surface area contributed by atoms with Gasteiger partial charge in [-0.1, -0.05) is 30.3 Å². The molecule has 0 bridgehead atoms. The van der Waals surface area contributed by atoms with E-state index in [4.69, 9.17) is 10.8 Å². The second kappa shape index (κ2) is 6.03. The Bertz CT molecular complexity index is 602. The fraction of sp³-hybridized carbons (Fsp3) is 0.143. The molecule has 0 aliphatic heterocycles. The molecule has 104 valence electrons. The summed E-state index contributed by atoms with van der Waals surface area (Å²) in [5, 5.41) is 20.2. The van der Waals surface area contributed by atoms with Crippen LogP contribution in [-0.4, -0.2) is 27.9 Å². The van der Waals surface area contributed by atoms with E-state index in [9.17, 15) is 9.90 Å². The van der Waals surface area contributed by atoms with Crippen LogP contribution in [0.3, 0.4) is 0 Å². The first-order valence-corrected chi connectivity index (χ1v) is 6.04. The Kier molecular flexibility index (Phi) is 4.17. The van der Waals surface area contributed by atoms with E-state index in [1.807, 2.05) is 30.3 Å². The number of carboxylic acid groups (broad SMARTS) is 1. The Morgan fingerprint density at radius 3 is 2.55 bits per heavy atom. The largest absolute Gasteiger partial charge is 0.465 e. The standard InChI is InChI=1S/C14H15N3O3/c15-10-6-7-11(12(8-18)17-14(19)20)16-13(10)9-4-2-1-3-5-9/h1-7,12,17-18H,8,15H2,(H,19,20). The van der Waals surface area contributed by atoms with Gasteiger partial charge in [0.1, 0.15) is 0 Å². The SMILES string of the molecule is Nc1ccc(C(CO)NC(=O)O)nc1-c1ccccc1. The van der Waals surface area contributed by atoms with Crippen LogP contribution in [0.1, 0.15) is 11.7 Å². The highest BCUT2D eigenvalue weighted by atomic mass is 16.4. The summed E-state index contributed by atoms with van der Waals surface area (Å²) in [6.07, 6.45) is -1.22. The summed E-state index contributed by atoms with van der Waals surface area (Å²) in [7, 11) is 0. The Morgan fingerprint density at radius 1 is 1.25 bits per heavy atom. The van der Waals surface area contributed by atoms with Gasteiger partial charge in [-0.15, -0.1) is 0 Å². The van der Waals surface area contributed by atoms with E-state index in [0.717, 1.165) is 5.56 Å². The van der Waals surface area contributed by atoms with E-state index < -0.39 is 12.1 Å². The molecule has 0 fully saturated rings. The van der Waals surface area contributed by atoms with Crippen LogP contribution in [0.2, 0.25) is 0 Å². The van der Waals surface area contributed by atoms with Crippen LogP contribution in [0.4, 0.5) is 10.5 Å². The van der Waals surface area contributed by atoms with Gasteiger partial charge in [-0.2, -0.15) is 0 Å². The fourth-order valence-corrected chi connectivity index (χ4v) is 1.87. The summed E-state index contributed by atoms with van der Waals surface area (Å²) < 4.78 is 0. The summed E-state index contributed by atoms with van der Waals surface area (Å²) in [6.45, 7) is -0.378. The van der Waals surface area contributed by atoms with Gasteiger partial charge in [0.2, 0.25) is 0 Å². The third kappa shape index (κ3) is 3.04. The number of hydrogen-bond donors (Lipinski definition) is 4. The molecule has 0 aliphatic carbocycles. The minimum absolute atomic E-state index is 0.378. The van der Waals surface area contributed by atoms with Crippen LogP contribution in [0.25, 0.3) is 11.3 Å². The summed E-state index contributed by atoms with van der Waals surface area (Å²) in [4.78, 5) is 15.0. The highest BCUT2D eigenvalue weighted by molar-refractivity contribution is 5.72. The lowest BCUT2D eigenvalue weighted by molar-refractivity contribution is 0.177. The highest BCUT2D eigenvalue weighted by Crippen LogP contribution is 2.25. The molecule has 0 radical (unpaired) electrons. The number of rotatable bonds is 4. The van der Waals surface area contributed by atoms with Gasteiger partial charge in [0.05, 0.1) is 29.7 Å². The lowest BCUT2D eigenvalue weighted by Gasteiger charge is -2.15. The Labute approximate surface area is 115 Å². The van der Waals surface area contributed by atoms with Gasteiger partial charge in [-0.25, -0.2) is 9.78 Å². The molecule has 2 rings (SSSR count). The number of carbonyl (C=O) groups is 1. The number of nitrogens with one attached hydrogen (secondary N) is 1. The summed E-state index contributed by atoms with van der Waals surface area (Å²) in [6, 6.07) is 11.8. The third-order valence-corrected chi connectivity index (χ3v) is 2.83. The predicted molar refractivity (Wildman–Crippen MR) is 75.1 cm³/mol. The molecule has 2 aromatic rings. The molecule has 1 amide bonds. The van der Waals surface area contributed by atoms with Crippen LogP contribution in [0.15, 0.2) is 42.5 Å². The van der Waals surface area contributed by atoms with Crippen molar-refractivity contribution >= 4 is 11.8 Å². The fourth-order valence-electron chi connectivity index (χ4n) is 1.87. The smallest absolute Gasteiger partial charge is 0.405 e. The Morgan fingerprint density at radius 2 is 1.95 bits per heavy atom. The Balaban J connectivity index is 2.40. The van der Waals surface area contributed by atoms with Crippen LogP contribution in [-0.2, 0) is 0 Å². The average molecular weight is 273 g/mol. The van der Waals surface area contributed by atoms with E-state index in [1.54, 1.807) is 12.1 Å². The predicted octanol–water partition coefficient (Wildman–Crippen LogP) is 1.63. The topological polar surface area (TPSA) is 108 Å². The quantitative estimate of drug-likeness (QED) is 0.677. The van der Waals surface area contributed by atoms with Crippen LogP contribution in [0, 0.1) is 0 Å². The van der Waals surface area contributed by atoms with E-state index >= 15 is 0 Å². The van der Waals surface area contributed by atoms with Crippen LogP contribution < -0.4 is 11.1 Å². The second-order valence-electron chi connectivity index (χ2n) is 4.22. The lowest BCUT2D eigenvalue weighted by Crippen LogP contribution is -2.30. The number of anilines is 1. The zero-order chi connectivity index (χ0) is 14.5. The molecule has 1 aromatic heterocycles. The van der Waals surface area contributed by atoms with Crippen molar-refractivity contribution in [3.05, 3.63) is 48.2 Å². The van der Waals surface area contributed by atoms with Crippen molar-refractivity contribution in [2.24, 2.45) is 0 Å². The molecule has 1 atom stereocenters. The van der Waals surface area contributed by atoms with Crippen molar-refractivity contribution in [3.63, 3.8) is 0 Å². The maximum absolute atomic E-state index is 10.7. The number of aromatic nitrogens is 1. The Hall–Kier alpha value is -2.60. The van der Waals surface area contributed by atoms with E-state index in [0.29, 0.717) is 17.1 Å². The van der Waals surface area contributed by atoms with Crippen LogP contribution in [0.5, 0.6) is 0 Å². The summed E-state index contributed by atoms with van der Waals surface area (Å²) in [5.74, 6) is 0. The van der Waals surface area contributed by atoms with Gasteiger partial charge in [0, 0.05) is 5.56 Å². The van der Waals surface area contributed by atoms with E-state index in [1.165, 1.54) is 0 Å². The number of nitrogen functional groups attached to an aromatic ring is 1. The molecule has 20 heavy (non-hydrogen) atoms. The van der Waals surface area contributed by atoms with Crippen molar-refractivity contribution < 1.29 is 15.0 Å². The molecule has 1 heterocycles. The van der Waals surface area contributed by atoms with Gasteiger partial charge in [0.15, 0.2) is 0 Å². The number of amides is 1. The number of nitrogens with two attached hydrogens (primary N) is 1. The number of aliphatic hydroxyl groups is 1. The first kappa shape index (κ1) is 13.8. The summed E-state index contributed by atoms with van der Waals surface area (Å²) in [5.41, 5.74) is 8.21. The molecule has 1 unspecified atom stereocenters. The molecule has 5 N–H and O–H groups in total. The van der Waals surface area contributed by atoms with Crippen molar-refractivity contribution in [1.82, 2.24) is 10.3 Å². The number of benzene rings is 1. The molecular weight excluding hydrogens is 258 g/mol. The normalized spacial score (nSPS) is 11.8. The first-order chi connectivity index (χ1) is 9.61. The maximum atomic E-state index is 10.7. The molecule has 0 aliphatic rings. The maximum Gasteiger partial charge on any atom is 0.405 e. The van der Waals surface area contributed by atoms with Crippen molar-refractivity contribution in [3.8, 4) is 11.3 Å². The molecule has 6 heteroatoms. The zero-order valence-electron chi connectivity index (χ0n) is 10.7. The van der Waals surface area contributed by atoms with Gasteiger partial charge < -0.3 is 21.3 Å². The number of nitrogens with zero attached hydrogens (tertiary/aromatic N) is 1. The number of hydrogen-bond acceptors (Lipinski definition) is 4. The minimum atomic E-state index is -1.22. The van der Waals surface area contributed by atoms with Gasteiger partial charge >= 0.3 is 6.09 Å². The monoisotopic (exact) mass is 273 g/mol. The second-order valence-corrected chi connectivity index (χ2v) is 4.22. The summed E-state index contributed by atoms with van der Waals surface area (Å²) >= 11 is 0. The van der Waals surface area contributed by atoms with Crippen molar-refractivity contribution in [2.45, 2.75) is 6.04 Å². The van der Waals surface area contributed by atoms with E-state index in [2.05, 4.69) is 10.3 Å². The molecular formula is C14H15N3O3. The molecule has 0 spiro atoms. The lowest BCUT2D eigenvalue weighted by atomic mass is 10.1. The highest BCUT2D eigenvalue weighted by Gasteiger charge is 2.16. The molecule has 1 aromatic carbocycles. The van der Waals surface area contributed by atoms with Gasteiger partial charge in [-0.3, -0.25) is 0 Å². The molecule has 0 saturated heterocycles. The van der Waals surface area contributed by atoms with E-state index in [-0.39, 0.29) is 6.61 Å².